The number of hydrogen-bond acceptors (Lipinski definition) is 7. The fourth-order valence-corrected chi connectivity index (χ4v) is 1.83. The van der Waals surface area contributed by atoms with Crippen LogP contribution in [0.3, 0.4) is 0 Å². The molecule has 1 amide bonds. The van der Waals surface area contributed by atoms with Gasteiger partial charge in [0.15, 0.2) is 5.01 Å². The average molecular weight is 301 g/mol. The topological polar surface area (TPSA) is 110 Å². The zero-order valence-electron chi connectivity index (χ0n) is 11.5. The molecule has 9 heteroatoms. The lowest BCUT2D eigenvalue weighted by atomic mass is 10.2. The first-order valence-electron chi connectivity index (χ1n) is 5.53. The van der Waals surface area contributed by atoms with E-state index in [1.807, 2.05) is 0 Å². The summed E-state index contributed by atoms with van der Waals surface area (Å²) in [6, 6.07) is 0. The van der Waals surface area contributed by atoms with Crippen molar-refractivity contribution in [1.29, 1.82) is 0 Å². The molecule has 1 aromatic rings. The highest BCUT2D eigenvalue weighted by Crippen LogP contribution is 2.17. The second-order valence-electron chi connectivity index (χ2n) is 4.59. The van der Waals surface area contributed by atoms with E-state index in [-0.39, 0.29) is 16.5 Å². The van der Waals surface area contributed by atoms with E-state index >= 15 is 0 Å². The number of hydrogen-bond donors (Lipinski definition) is 2. The summed E-state index contributed by atoms with van der Waals surface area (Å²) in [5, 5.41) is 16.3. The van der Waals surface area contributed by atoms with E-state index in [4.69, 9.17) is 9.84 Å². The number of carbonyl (C=O) groups excluding carboxylic acids is 1. The van der Waals surface area contributed by atoms with Crippen molar-refractivity contribution < 1.29 is 24.3 Å². The molecular weight excluding hydrogens is 286 g/mol. The molecule has 0 spiro atoms. The first-order valence-corrected chi connectivity index (χ1v) is 6.41. The van der Waals surface area contributed by atoms with Gasteiger partial charge in [0.25, 0.3) is 0 Å². The Morgan fingerprint density at radius 3 is 2.60 bits per heavy atom. The summed E-state index contributed by atoms with van der Waals surface area (Å²) in [5.74, 6) is -1.09. The smallest absolute Gasteiger partial charge is 0.413 e. The fraction of sp³-hybridized carbons (Fsp3) is 0.455. The molecule has 0 aliphatic carbocycles. The molecule has 0 aliphatic rings. The average Bonchev–Trinajstić information content (AvgIpc) is 2.70. The van der Waals surface area contributed by atoms with Crippen molar-refractivity contribution in [3.8, 4) is 0 Å². The second-order valence-corrected chi connectivity index (χ2v) is 5.45. The van der Waals surface area contributed by atoms with Crippen LogP contribution in [0.15, 0.2) is 10.5 Å². The Morgan fingerprint density at radius 2 is 2.10 bits per heavy atom. The van der Waals surface area contributed by atoms with E-state index in [1.54, 1.807) is 20.8 Å². The standard InChI is InChI=1S/C11H15N3O5S/c1-11(2,3)19-10(17)13-6-5-20-8(12-6)7(9(15)16)14-18-4/h5H,1-4H3,(H,13,17)(H,15,16). The number of anilines is 1. The van der Waals surface area contributed by atoms with Gasteiger partial charge in [-0.3, -0.25) is 5.32 Å². The Balaban J connectivity index is 2.80. The maximum Gasteiger partial charge on any atom is 0.413 e. The van der Waals surface area contributed by atoms with E-state index < -0.39 is 17.7 Å². The van der Waals surface area contributed by atoms with Crippen LogP contribution in [0.1, 0.15) is 25.8 Å². The van der Waals surface area contributed by atoms with E-state index in [1.165, 1.54) is 12.5 Å². The van der Waals surface area contributed by atoms with Crippen LogP contribution in [-0.2, 0) is 14.4 Å². The largest absolute Gasteiger partial charge is 0.476 e. The van der Waals surface area contributed by atoms with Gasteiger partial charge in [0, 0.05) is 5.38 Å². The maximum absolute atomic E-state index is 11.5. The molecule has 0 bridgehead atoms. The van der Waals surface area contributed by atoms with E-state index in [0.717, 1.165) is 11.3 Å². The van der Waals surface area contributed by atoms with Crippen LogP contribution >= 0.6 is 11.3 Å². The summed E-state index contributed by atoms with van der Waals surface area (Å²) in [6.45, 7) is 5.19. The number of amides is 1. The predicted octanol–water partition coefficient (Wildman–Crippen LogP) is 1.93. The number of nitrogens with zero attached hydrogens (tertiary/aromatic N) is 2. The summed E-state index contributed by atoms with van der Waals surface area (Å²) in [5.41, 5.74) is -0.970. The molecule has 0 aromatic carbocycles. The number of aromatic nitrogens is 1. The van der Waals surface area contributed by atoms with Gasteiger partial charge < -0.3 is 14.7 Å². The summed E-state index contributed by atoms with van der Waals surface area (Å²) in [7, 11) is 1.23. The predicted molar refractivity (Wildman–Crippen MR) is 73.2 cm³/mol. The van der Waals surface area contributed by atoms with Crippen LogP contribution in [0.2, 0.25) is 0 Å². The van der Waals surface area contributed by atoms with E-state index in [0.29, 0.717) is 0 Å². The lowest BCUT2D eigenvalue weighted by Crippen LogP contribution is -2.27. The molecule has 0 saturated carbocycles. The minimum atomic E-state index is -1.27. The first kappa shape index (κ1) is 15.9. The van der Waals surface area contributed by atoms with Crippen molar-refractivity contribution in [2.24, 2.45) is 5.16 Å². The van der Waals surface area contributed by atoms with Crippen molar-refractivity contribution in [2.75, 3.05) is 12.4 Å². The van der Waals surface area contributed by atoms with Crippen molar-refractivity contribution >= 4 is 34.9 Å². The van der Waals surface area contributed by atoms with Crippen molar-refractivity contribution in [1.82, 2.24) is 4.98 Å². The van der Waals surface area contributed by atoms with Gasteiger partial charge in [-0.05, 0) is 20.8 Å². The van der Waals surface area contributed by atoms with Gasteiger partial charge in [0.05, 0.1) is 0 Å². The Hall–Kier alpha value is -2.16. The molecule has 1 heterocycles. The third-order valence-electron chi connectivity index (χ3n) is 1.72. The van der Waals surface area contributed by atoms with Gasteiger partial charge >= 0.3 is 12.1 Å². The first-order chi connectivity index (χ1) is 9.23. The zero-order chi connectivity index (χ0) is 15.3. The van der Waals surface area contributed by atoms with Crippen LogP contribution in [0.4, 0.5) is 10.6 Å². The Kier molecular flexibility index (Phi) is 5.03. The number of nitrogens with one attached hydrogen (secondary N) is 1. The molecule has 0 radical (unpaired) electrons. The monoisotopic (exact) mass is 301 g/mol. The lowest BCUT2D eigenvalue weighted by molar-refractivity contribution is -0.129. The molecular formula is C11H15N3O5S. The third-order valence-corrected chi connectivity index (χ3v) is 2.57. The molecule has 20 heavy (non-hydrogen) atoms. The highest BCUT2D eigenvalue weighted by molar-refractivity contribution is 7.13. The van der Waals surface area contributed by atoms with Crippen LogP contribution in [0.5, 0.6) is 0 Å². The summed E-state index contributed by atoms with van der Waals surface area (Å²) in [4.78, 5) is 30.9. The van der Waals surface area contributed by atoms with Gasteiger partial charge in [-0.15, -0.1) is 11.3 Å². The van der Waals surface area contributed by atoms with Gasteiger partial charge in [0.1, 0.15) is 18.5 Å². The van der Waals surface area contributed by atoms with Gasteiger partial charge in [-0.1, -0.05) is 5.16 Å². The van der Waals surface area contributed by atoms with Gasteiger partial charge in [-0.2, -0.15) is 0 Å². The van der Waals surface area contributed by atoms with Crippen LogP contribution < -0.4 is 5.32 Å². The Bertz CT molecular complexity index is 532. The minimum Gasteiger partial charge on any atom is -0.476 e. The Morgan fingerprint density at radius 1 is 1.45 bits per heavy atom. The molecule has 1 rings (SSSR count). The molecule has 8 nitrogen and oxygen atoms in total. The lowest BCUT2D eigenvalue weighted by Gasteiger charge is -2.19. The molecule has 0 unspecified atom stereocenters. The third kappa shape index (κ3) is 4.84. The zero-order valence-corrected chi connectivity index (χ0v) is 12.3. The normalized spacial score (nSPS) is 11.9. The molecule has 1 aromatic heterocycles. The van der Waals surface area contributed by atoms with E-state index in [9.17, 15) is 9.59 Å². The number of aliphatic carboxylic acids is 1. The SMILES string of the molecule is CON=C(C(=O)O)c1nc(NC(=O)OC(C)(C)C)cs1. The highest BCUT2D eigenvalue weighted by atomic mass is 32.1. The second kappa shape index (κ2) is 6.33. The summed E-state index contributed by atoms with van der Waals surface area (Å²) < 4.78 is 5.05. The number of ether oxygens (including phenoxy) is 1. The van der Waals surface area contributed by atoms with Crippen LogP contribution in [0, 0.1) is 0 Å². The molecule has 110 valence electrons. The maximum atomic E-state index is 11.5. The van der Waals surface area contributed by atoms with Gasteiger partial charge in [0.2, 0.25) is 5.71 Å². The quantitative estimate of drug-likeness (QED) is 0.649. The molecule has 2 N–H and O–H groups in total. The van der Waals surface area contributed by atoms with E-state index in [2.05, 4.69) is 20.3 Å². The molecule has 0 fully saturated rings. The summed E-state index contributed by atoms with van der Waals surface area (Å²) >= 11 is 1.01. The molecule has 0 saturated heterocycles. The Labute approximate surface area is 119 Å². The highest BCUT2D eigenvalue weighted by Gasteiger charge is 2.20. The van der Waals surface area contributed by atoms with Gasteiger partial charge in [-0.25, -0.2) is 14.6 Å². The number of carboxylic acid groups (broad SMARTS) is 1. The van der Waals surface area contributed by atoms with Crippen molar-refractivity contribution in [3.05, 3.63) is 10.4 Å². The van der Waals surface area contributed by atoms with Crippen molar-refractivity contribution in [3.63, 3.8) is 0 Å². The summed E-state index contributed by atoms with van der Waals surface area (Å²) in [6.07, 6.45) is -0.671. The van der Waals surface area contributed by atoms with Crippen LogP contribution in [-0.4, -0.2) is 40.6 Å². The fourth-order valence-electron chi connectivity index (χ4n) is 1.11. The number of rotatable bonds is 4. The number of carboxylic acids is 1. The number of carbonyl (C=O) groups is 2. The molecule has 0 aliphatic heterocycles. The number of thiazole rings is 1. The molecule has 0 atom stereocenters. The number of oxime groups is 1. The van der Waals surface area contributed by atoms with Crippen molar-refractivity contribution in [2.45, 2.75) is 26.4 Å². The van der Waals surface area contributed by atoms with Crippen LogP contribution in [0.25, 0.3) is 0 Å². The minimum absolute atomic E-state index is 0.116.